The molecule has 164 valence electrons. The lowest BCUT2D eigenvalue weighted by Gasteiger charge is -2.39. The Morgan fingerprint density at radius 3 is 2.34 bits per heavy atom. The monoisotopic (exact) mass is 429 g/mol. The minimum Gasteiger partial charge on any atom is -0.454 e. The minimum atomic E-state index is -0.741. The van der Waals surface area contributed by atoms with E-state index in [1.807, 2.05) is 30.3 Å². The molecule has 0 spiro atoms. The van der Waals surface area contributed by atoms with Crippen LogP contribution in [0.1, 0.15) is 57.5 Å². The minimum absolute atomic E-state index is 0.0141. The second-order valence-electron chi connectivity index (χ2n) is 9.94. The maximum atomic E-state index is 14.1. The fourth-order valence-corrected chi connectivity index (χ4v) is 6.18. The van der Waals surface area contributed by atoms with Gasteiger partial charge in [0.2, 0.25) is 12.7 Å². The van der Waals surface area contributed by atoms with Crippen LogP contribution in [-0.2, 0) is 22.0 Å². The summed E-state index contributed by atoms with van der Waals surface area (Å²) in [5.41, 5.74) is 3.98. The summed E-state index contributed by atoms with van der Waals surface area (Å²) in [6, 6.07) is 11.8. The van der Waals surface area contributed by atoms with Crippen molar-refractivity contribution in [2.75, 3.05) is 12.1 Å². The van der Waals surface area contributed by atoms with Gasteiger partial charge in [-0.05, 0) is 36.3 Å². The van der Waals surface area contributed by atoms with Crippen molar-refractivity contribution < 1.29 is 14.3 Å². The molecular formula is C26H27N3O3. The molecule has 3 aromatic rings. The Morgan fingerprint density at radius 2 is 1.66 bits per heavy atom. The lowest BCUT2D eigenvalue weighted by atomic mass is 9.63. The number of carbonyl (C=O) groups excluding carboxylic acids is 1. The number of fused-ring (bicyclic) bond motifs is 7. The van der Waals surface area contributed by atoms with Gasteiger partial charge in [0.15, 0.2) is 11.5 Å². The molecule has 1 aliphatic heterocycles. The zero-order chi connectivity index (χ0) is 22.3. The van der Waals surface area contributed by atoms with E-state index in [0.717, 1.165) is 52.9 Å². The van der Waals surface area contributed by atoms with E-state index in [1.54, 1.807) is 0 Å². The molecular weight excluding hydrogens is 402 g/mol. The number of aryl methyl sites for hydroxylation is 1. The van der Waals surface area contributed by atoms with Crippen molar-refractivity contribution in [1.82, 2.24) is 9.97 Å². The number of anilines is 1. The quantitative estimate of drug-likeness (QED) is 0.642. The van der Waals surface area contributed by atoms with E-state index >= 15 is 0 Å². The van der Waals surface area contributed by atoms with E-state index in [2.05, 4.69) is 39.1 Å². The van der Waals surface area contributed by atoms with E-state index in [-0.39, 0.29) is 23.5 Å². The average molecular weight is 430 g/mol. The molecule has 2 bridgehead atoms. The number of ether oxygens (including phenoxy) is 2. The largest absolute Gasteiger partial charge is 0.454 e. The van der Waals surface area contributed by atoms with E-state index in [4.69, 9.17) is 19.4 Å². The topological polar surface area (TPSA) is 73.3 Å². The number of hydrogen-bond donors (Lipinski definition) is 1. The van der Waals surface area contributed by atoms with Crippen LogP contribution in [-0.4, -0.2) is 22.7 Å². The Morgan fingerprint density at radius 1 is 1.00 bits per heavy atom. The first-order chi connectivity index (χ1) is 15.3. The molecule has 1 N–H and O–H groups in total. The normalized spacial score (nSPS) is 26.4. The fraction of sp³-hybridized carbons (Fsp3) is 0.423. The van der Waals surface area contributed by atoms with Gasteiger partial charge in [0, 0.05) is 23.2 Å². The molecule has 2 aliphatic carbocycles. The first-order valence-corrected chi connectivity index (χ1v) is 11.3. The molecule has 32 heavy (non-hydrogen) atoms. The van der Waals surface area contributed by atoms with E-state index < -0.39 is 5.41 Å². The number of amides is 1. The first-order valence-electron chi connectivity index (χ1n) is 11.3. The molecule has 1 amide bonds. The number of para-hydroxylation sites is 1. The van der Waals surface area contributed by atoms with E-state index in [9.17, 15) is 4.79 Å². The van der Waals surface area contributed by atoms with Crippen molar-refractivity contribution in [3.05, 3.63) is 53.3 Å². The SMILES string of the molecule is CCc1ccccc1NC(=O)C12CCC(C)(c3nc4cc5c(cc4nc31)OCO5)C2(C)C. The van der Waals surface area contributed by atoms with Crippen molar-refractivity contribution in [2.45, 2.75) is 57.8 Å². The average Bonchev–Trinajstić information content (AvgIpc) is 3.36. The Hall–Kier alpha value is -3.15. The highest BCUT2D eigenvalue weighted by Gasteiger charge is 2.73. The molecule has 1 aromatic heterocycles. The first kappa shape index (κ1) is 19.5. The van der Waals surface area contributed by atoms with Gasteiger partial charge < -0.3 is 14.8 Å². The molecule has 0 radical (unpaired) electrons. The third-order valence-corrected chi connectivity index (χ3v) is 8.57. The van der Waals surface area contributed by atoms with Crippen LogP contribution in [0.5, 0.6) is 11.5 Å². The molecule has 2 aromatic carbocycles. The number of hydrogen-bond acceptors (Lipinski definition) is 5. The van der Waals surface area contributed by atoms with Crippen LogP contribution < -0.4 is 14.8 Å². The second kappa shape index (κ2) is 6.21. The van der Waals surface area contributed by atoms with Crippen molar-refractivity contribution in [3.8, 4) is 11.5 Å². The van der Waals surface area contributed by atoms with E-state index in [0.29, 0.717) is 11.5 Å². The molecule has 2 unspecified atom stereocenters. The predicted molar refractivity (Wildman–Crippen MR) is 122 cm³/mol. The molecule has 1 fully saturated rings. The zero-order valence-electron chi connectivity index (χ0n) is 18.9. The smallest absolute Gasteiger partial charge is 0.237 e. The lowest BCUT2D eigenvalue weighted by molar-refractivity contribution is -0.125. The standard InChI is InChI=1S/C26H27N3O3/c1-5-15-8-6-7-9-16(15)29-23(30)26-11-10-25(4,24(26,2)3)21-22(26)28-18-13-20-19(31-14-32-20)12-17(18)27-21/h6-9,12-13H,5,10-11,14H2,1-4H3,(H,29,30). The summed E-state index contributed by atoms with van der Waals surface area (Å²) < 4.78 is 11.1. The molecule has 6 nitrogen and oxygen atoms in total. The van der Waals surface area contributed by atoms with Crippen molar-refractivity contribution >= 4 is 22.6 Å². The van der Waals surface area contributed by atoms with Crippen LogP contribution in [0.25, 0.3) is 11.0 Å². The zero-order valence-corrected chi connectivity index (χ0v) is 18.9. The molecule has 2 atom stereocenters. The van der Waals surface area contributed by atoms with Gasteiger partial charge in [0.1, 0.15) is 0 Å². The van der Waals surface area contributed by atoms with Crippen LogP contribution in [0.3, 0.4) is 0 Å². The fourth-order valence-electron chi connectivity index (χ4n) is 6.18. The van der Waals surface area contributed by atoms with E-state index in [1.165, 1.54) is 0 Å². The van der Waals surface area contributed by atoms with Gasteiger partial charge in [-0.2, -0.15) is 0 Å². The van der Waals surface area contributed by atoms with Crippen molar-refractivity contribution in [1.29, 1.82) is 0 Å². The summed E-state index contributed by atoms with van der Waals surface area (Å²) in [6.45, 7) is 8.95. The number of nitrogens with one attached hydrogen (secondary N) is 1. The summed E-state index contributed by atoms with van der Waals surface area (Å²) >= 11 is 0. The highest BCUT2D eigenvalue weighted by Crippen LogP contribution is 2.70. The molecule has 6 heteroatoms. The summed E-state index contributed by atoms with van der Waals surface area (Å²) in [7, 11) is 0. The van der Waals surface area contributed by atoms with Crippen molar-refractivity contribution in [3.63, 3.8) is 0 Å². The van der Waals surface area contributed by atoms with Crippen LogP contribution in [0.4, 0.5) is 5.69 Å². The van der Waals surface area contributed by atoms with Gasteiger partial charge in [-0.1, -0.05) is 45.9 Å². The van der Waals surface area contributed by atoms with Gasteiger partial charge in [-0.3, -0.25) is 4.79 Å². The third-order valence-electron chi connectivity index (χ3n) is 8.57. The molecule has 1 saturated carbocycles. The van der Waals surface area contributed by atoms with Crippen LogP contribution >= 0.6 is 0 Å². The van der Waals surface area contributed by atoms with Gasteiger partial charge >= 0.3 is 0 Å². The molecule has 6 rings (SSSR count). The van der Waals surface area contributed by atoms with Gasteiger partial charge in [0.25, 0.3) is 0 Å². The van der Waals surface area contributed by atoms with Gasteiger partial charge in [-0.15, -0.1) is 0 Å². The Kier molecular flexibility index (Phi) is 3.79. The summed E-state index contributed by atoms with van der Waals surface area (Å²) in [5, 5.41) is 3.27. The molecule has 3 aliphatic rings. The lowest BCUT2D eigenvalue weighted by Crippen LogP contribution is -2.48. The highest BCUT2D eigenvalue weighted by molar-refractivity contribution is 6.02. The summed E-state index contributed by atoms with van der Waals surface area (Å²) in [5.74, 6) is 1.39. The summed E-state index contributed by atoms with van der Waals surface area (Å²) in [4.78, 5) is 24.2. The Labute approximate surface area is 187 Å². The van der Waals surface area contributed by atoms with Gasteiger partial charge in [-0.25, -0.2) is 9.97 Å². The maximum absolute atomic E-state index is 14.1. The number of rotatable bonds is 3. The Balaban J connectivity index is 1.54. The second-order valence-corrected chi connectivity index (χ2v) is 9.94. The van der Waals surface area contributed by atoms with Crippen LogP contribution in [0.15, 0.2) is 36.4 Å². The maximum Gasteiger partial charge on any atom is 0.237 e. The molecule has 2 heterocycles. The Bertz CT molecular complexity index is 1300. The number of carbonyl (C=O) groups is 1. The molecule has 0 saturated heterocycles. The third kappa shape index (κ3) is 2.17. The van der Waals surface area contributed by atoms with Crippen molar-refractivity contribution in [2.24, 2.45) is 5.41 Å². The van der Waals surface area contributed by atoms with Crippen LogP contribution in [0.2, 0.25) is 0 Å². The highest BCUT2D eigenvalue weighted by atomic mass is 16.7. The van der Waals surface area contributed by atoms with Crippen LogP contribution in [0, 0.1) is 5.41 Å². The number of nitrogens with zero attached hydrogens (tertiary/aromatic N) is 2. The predicted octanol–water partition coefficient (Wildman–Crippen LogP) is 4.89. The number of benzene rings is 2. The number of aromatic nitrogens is 2. The van der Waals surface area contributed by atoms with Gasteiger partial charge in [0.05, 0.1) is 27.8 Å². The summed E-state index contributed by atoms with van der Waals surface area (Å²) in [6.07, 6.45) is 2.52.